The smallest absolute Gasteiger partial charge is 0.407 e. The largest absolute Gasteiger partial charge is 0.481 e. The Morgan fingerprint density at radius 3 is 2.00 bits per heavy atom. The standard InChI is InChI=1S/C14H23NO9/c16-10(8-23-13(21)6-2-1-4-11(17)18)9-24-14(22)15-7-3-5-12(19)20/h10,16H,1-9H2,(H,15,22)(H,17,18)(H,19,20). The summed E-state index contributed by atoms with van der Waals surface area (Å²) in [6, 6.07) is 0. The molecular formula is C14H23NO9. The molecule has 0 radical (unpaired) electrons. The Morgan fingerprint density at radius 1 is 0.833 bits per heavy atom. The molecule has 0 aliphatic heterocycles. The van der Waals surface area contributed by atoms with Gasteiger partial charge in [-0.2, -0.15) is 0 Å². The Labute approximate surface area is 138 Å². The molecule has 0 saturated heterocycles. The minimum Gasteiger partial charge on any atom is -0.481 e. The van der Waals surface area contributed by atoms with Gasteiger partial charge in [-0.1, -0.05) is 0 Å². The van der Waals surface area contributed by atoms with Crippen LogP contribution in [0, 0.1) is 0 Å². The van der Waals surface area contributed by atoms with E-state index < -0.39 is 30.1 Å². The van der Waals surface area contributed by atoms with E-state index >= 15 is 0 Å². The molecule has 10 heteroatoms. The number of rotatable bonds is 13. The molecule has 1 atom stereocenters. The lowest BCUT2D eigenvalue weighted by atomic mass is 10.2. The fourth-order valence-corrected chi connectivity index (χ4v) is 1.51. The predicted octanol–water partition coefficient (Wildman–Crippen LogP) is 0.126. The number of aliphatic hydroxyl groups excluding tert-OH is 1. The van der Waals surface area contributed by atoms with E-state index in [2.05, 4.69) is 10.1 Å². The van der Waals surface area contributed by atoms with Crippen LogP contribution < -0.4 is 5.32 Å². The van der Waals surface area contributed by atoms with Crippen LogP contribution >= 0.6 is 0 Å². The maximum absolute atomic E-state index is 11.3. The van der Waals surface area contributed by atoms with Gasteiger partial charge in [-0.15, -0.1) is 0 Å². The molecular weight excluding hydrogens is 326 g/mol. The van der Waals surface area contributed by atoms with E-state index in [4.69, 9.17) is 14.9 Å². The number of hydrogen-bond donors (Lipinski definition) is 4. The molecule has 10 nitrogen and oxygen atoms in total. The Morgan fingerprint density at radius 2 is 1.38 bits per heavy atom. The van der Waals surface area contributed by atoms with Gasteiger partial charge in [0.2, 0.25) is 0 Å². The van der Waals surface area contributed by atoms with E-state index in [1.54, 1.807) is 0 Å². The second-order valence-electron chi connectivity index (χ2n) is 4.96. The number of carboxylic acids is 2. The summed E-state index contributed by atoms with van der Waals surface area (Å²) in [5.41, 5.74) is 0. The summed E-state index contributed by atoms with van der Waals surface area (Å²) in [4.78, 5) is 43.1. The number of carbonyl (C=O) groups excluding carboxylic acids is 2. The highest BCUT2D eigenvalue weighted by Gasteiger charge is 2.12. The first kappa shape index (κ1) is 21.6. The number of unbranched alkanes of at least 4 members (excludes halogenated alkanes) is 1. The Balaban J connectivity index is 3.61. The summed E-state index contributed by atoms with van der Waals surface area (Å²) in [6.45, 7) is -0.590. The number of amides is 1. The van der Waals surface area contributed by atoms with Crippen LogP contribution in [0.25, 0.3) is 0 Å². The summed E-state index contributed by atoms with van der Waals surface area (Å²) in [5.74, 6) is -2.47. The van der Waals surface area contributed by atoms with Crippen LogP contribution in [-0.4, -0.2) is 65.2 Å². The van der Waals surface area contributed by atoms with Gasteiger partial charge in [-0.3, -0.25) is 14.4 Å². The number of nitrogens with one attached hydrogen (secondary N) is 1. The number of aliphatic hydroxyl groups is 1. The van der Waals surface area contributed by atoms with Crippen molar-refractivity contribution in [1.29, 1.82) is 0 Å². The molecule has 0 bridgehead atoms. The molecule has 0 rings (SSSR count). The topological polar surface area (TPSA) is 159 Å². The quantitative estimate of drug-likeness (QED) is 0.267. The maximum Gasteiger partial charge on any atom is 0.407 e. The number of carbonyl (C=O) groups is 4. The highest BCUT2D eigenvalue weighted by molar-refractivity contribution is 5.70. The Kier molecular flexibility index (Phi) is 11.8. The molecule has 0 aromatic heterocycles. The van der Waals surface area contributed by atoms with Gasteiger partial charge < -0.3 is 30.1 Å². The number of carboxylic acid groups (broad SMARTS) is 2. The van der Waals surface area contributed by atoms with Crippen molar-refractivity contribution < 1.29 is 44.0 Å². The van der Waals surface area contributed by atoms with Gasteiger partial charge in [0, 0.05) is 25.8 Å². The number of aliphatic carboxylic acids is 2. The van der Waals surface area contributed by atoms with Crippen molar-refractivity contribution in [3.8, 4) is 0 Å². The lowest BCUT2D eigenvalue weighted by Gasteiger charge is -2.12. The van der Waals surface area contributed by atoms with Crippen molar-refractivity contribution in [2.24, 2.45) is 0 Å². The van der Waals surface area contributed by atoms with Crippen LogP contribution in [0.2, 0.25) is 0 Å². The Hall–Kier alpha value is -2.36. The normalized spacial score (nSPS) is 11.4. The first-order valence-corrected chi connectivity index (χ1v) is 7.49. The third-order valence-corrected chi connectivity index (χ3v) is 2.70. The van der Waals surface area contributed by atoms with E-state index in [0.717, 1.165) is 0 Å². The van der Waals surface area contributed by atoms with Crippen LogP contribution in [-0.2, 0) is 23.9 Å². The van der Waals surface area contributed by atoms with Crippen molar-refractivity contribution >= 4 is 24.0 Å². The molecule has 0 aromatic carbocycles. The van der Waals surface area contributed by atoms with Crippen LogP contribution in [0.1, 0.15) is 38.5 Å². The van der Waals surface area contributed by atoms with Gasteiger partial charge in [0.25, 0.3) is 0 Å². The number of alkyl carbamates (subject to hydrolysis) is 1. The van der Waals surface area contributed by atoms with Crippen LogP contribution in [0.4, 0.5) is 4.79 Å². The minimum absolute atomic E-state index is 0.0225. The molecule has 0 aromatic rings. The summed E-state index contributed by atoms with van der Waals surface area (Å²) in [5, 5.41) is 28.6. The van der Waals surface area contributed by atoms with E-state index in [1.165, 1.54) is 0 Å². The fourth-order valence-electron chi connectivity index (χ4n) is 1.51. The second kappa shape index (κ2) is 13.1. The molecule has 0 fully saturated rings. The van der Waals surface area contributed by atoms with Crippen molar-refractivity contribution in [3.63, 3.8) is 0 Å². The molecule has 0 aliphatic carbocycles. The first-order valence-electron chi connectivity index (χ1n) is 7.49. The Bertz CT molecular complexity index is 386. The predicted molar refractivity (Wildman–Crippen MR) is 79.3 cm³/mol. The first-order chi connectivity index (χ1) is 11.3. The van der Waals surface area contributed by atoms with Crippen LogP contribution in [0.15, 0.2) is 0 Å². The van der Waals surface area contributed by atoms with E-state index in [0.29, 0.717) is 12.8 Å². The molecule has 0 saturated carbocycles. The molecule has 24 heavy (non-hydrogen) atoms. The molecule has 0 heterocycles. The summed E-state index contributed by atoms with van der Waals surface area (Å²) >= 11 is 0. The van der Waals surface area contributed by atoms with Crippen molar-refractivity contribution in [3.05, 3.63) is 0 Å². The highest BCUT2D eigenvalue weighted by atomic mass is 16.6. The highest BCUT2D eigenvalue weighted by Crippen LogP contribution is 2.02. The zero-order valence-electron chi connectivity index (χ0n) is 13.2. The van der Waals surface area contributed by atoms with Crippen molar-refractivity contribution in [2.45, 2.75) is 44.6 Å². The average molecular weight is 349 g/mol. The van der Waals surface area contributed by atoms with E-state index in [-0.39, 0.29) is 45.4 Å². The van der Waals surface area contributed by atoms with Gasteiger partial charge in [0.15, 0.2) is 0 Å². The lowest BCUT2D eigenvalue weighted by molar-refractivity contribution is -0.147. The van der Waals surface area contributed by atoms with Gasteiger partial charge in [0.05, 0.1) is 0 Å². The molecule has 1 amide bonds. The monoisotopic (exact) mass is 349 g/mol. The molecule has 4 N–H and O–H groups in total. The number of hydrogen-bond acceptors (Lipinski definition) is 7. The molecule has 0 aliphatic rings. The van der Waals surface area contributed by atoms with Gasteiger partial charge >= 0.3 is 24.0 Å². The van der Waals surface area contributed by atoms with Crippen LogP contribution in [0.3, 0.4) is 0 Å². The molecule has 0 spiro atoms. The maximum atomic E-state index is 11.3. The average Bonchev–Trinajstić information content (AvgIpc) is 2.51. The molecule has 1 unspecified atom stereocenters. The third-order valence-electron chi connectivity index (χ3n) is 2.70. The van der Waals surface area contributed by atoms with E-state index in [1.807, 2.05) is 0 Å². The van der Waals surface area contributed by atoms with Gasteiger partial charge in [0.1, 0.15) is 19.3 Å². The summed E-state index contributed by atoms with van der Waals surface area (Å²) < 4.78 is 9.42. The summed E-state index contributed by atoms with van der Waals surface area (Å²) in [6.07, 6.45) is -1.06. The molecule has 138 valence electrons. The second-order valence-corrected chi connectivity index (χ2v) is 4.96. The van der Waals surface area contributed by atoms with E-state index in [9.17, 15) is 24.3 Å². The van der Waals surface area contributed by atoms with Crippen molar-refractivity contribution in [1.82, 2.24) is 5.32 Å². The minimum atomic E-state index is -1.18. The fraction of sp³-hybridized carbons (Fsp3) is 0.714. The zero-order valence-corrected chi connectivity index (χ0v) is 13.2. The van der Waals surface area contributed by atoms with Gasteiger partial charge in [-0.25, -0.2) is 4.79 Å². The van der Waals surface area contributed by atoms with Gasteiger partial charge in [-0.05, 0) is 19.3 Å². The third kappa shape index (κ3) is 14.6. The SMILES string of the molecule is O=C(O)CCCCC(=O)OCC(O)COC(=O)NCCCC(=O)O. The summed E-state index contributed by atoms with van der Waals surface area (Å²) in [7, 11) is 0. The lowest BCUT2D eigenvalue weighted by Crippen LogP contribution is -2.31. The van der Waals surface area contributed by atoms with Crippen LogP contribution in [0.5, 0.6) is 0 Å². The zero-order chi connectivity index (χ0) is 18.4. The number of ether oxygens (including phenoxy) is 2. The van der Waals surface area contributed by atoms with Crippen molar-refractivity contribution in [2.75, 3.05) is 19.8 Å². The number of esters is 1.